The van der Waals surface area contributed by atoms with Crippen LogP contribution >= 0.6 is 11.3 Å². The molecule has 10 nitrogen and oxygen atoms in total. The molecule has 1 aliphatic carbocycles. The van der Waals surface area contributed by atoms with Gasteiger partial charge in [-0.1, -0.05) is 19.9 Å². The molecule has 42 heavy (non-hydrogen) atoms. The van der Waals surface area contributed by atoms with Gasteiger partial charge in [0.1, 0.15) is 4.88 Å². The number of rotatable bonds is 7. The van der Waals surface area contributed by atoms with Gasteiger partial charge in [0.15, 0.2) is 0 Å². The molecule has 1 saturated carbocycles. The first-order chi connectivity index (χ1) is 19.9. The summed E-state index contributed by atoms with van der Waals surface area (Å²) in [6.45, 7) is 10.5. The van der Waals surface area contributed by atoms with Crippen LogP contribution in [0.25, 0.3) is 0 Å². The van der Waals surface area contributed by atoms with E-state index in [2.05, 4.69) is 24.1 Å². The summed E-state index contributed by atoms with van der Waals surface area (Å²) in [5.41, 5.74) is 1.35. The topological polar surface area (TPSA) is 125 Å². The molecule has 0 aromatic carbocycles. The molecule has 11 heteroatoms. The lowest BCUT2D eigenvalue weighted by atomic mass is 9.70. The number of likely N-dealkylation sites (tertiary alicyclic amines) is 2. The maximum atomic E-state index is 14.1. The molecule has 4 fully saturated rings. The van der Waals surface area contributed by atoms with E-state index in [1.54, 1.807) is 30.5 Å². The van der Waals surface area contributed by atoms with Crippen molar-refractivity contribution in [2.24, 2.45) is 22.7 Å². The highest BCUT2D eigenvalue weighted by atomic mass is 32.1. The summed E-state index contributed by atoms with van der Waals surface area (Å²) in [7, 11) is 0. The maximum absolute atomic E-state index is 14.1. The Morgan fingerprint density at radius 1 is 1.12 bits per heavy atom. The van der Waals surface area contributed by atoms with E-state index in [4.69, 9.17) is 9.72 Å². The van der Waals surface area contributed by atoms with Gasteiger partial charge in [-0.25, -0.2) is 0 Å². The number of ether oxygens (including phenoxy) is 1. The first-order valence-corrected chi connectivity index (χ1v) is 15.8. The highest BCUT2D eigenvalue weighted by Crippen LogP contribution is 2.54. The Morgan fingerprint density at radius 3 is 2.43 bits per heavy atom. The number of thiazole rings is 1. The molecule has 0 radical (unpaired) electrons. The zero-order chi connectivity index (χ0) is 29.9. The maximum Gasteiger partial charge on any atom is 0.265 e. The fourth-order valence-corrected chi connectivity index (χ4v) is 7.55. The third-order valence-corrected chi connectivity index (χ3v) is 10.5. The van der Waals surface area contributed by atoms with E-state index < -0.39 is 23.0 Å². The summed E-state index contributed by atoms with van der Waals surface area (Å²) in [6.07, 6.45) is 4.21. The molecule has 2 aromatic heterocycles. The van der Waals surface area contributed by atoms with Gasteiger partial charge >= 0.3 is 0 Å². The van der Waals surface area contributed by atoms with Gasteiger partial charge in [0.05, 0.1) is 35.0 Å². The molecule has 4 aliphatic rings. The van der Waals surface area contributed by atoms with Crippen LogP contribution in [0.15, 0.2) is 29.9 Å². The number of hydrogen-bond acceptors (Lipinski definition) is 8. The summed E-state index contributed by atoms with van der Waals surface area (Å²) >= 11 is 1.28. The van der Waals surface area contributed by atoms with Crippen LogP contribution in [-0.4, -0.2) is 87.6 Å². The van der Waals surface area contributed by atoms with Gasteiger partial charge in [-0.15, -0.1) is 11.3 Å². The number of aliphatic hydroxyl groups is 1. The average Bonchev–Trinajstić information content (AvgIpc) is 3.32. The monoisotopic (exact) mass is 595 g/mol. The van der Waals surface area contributed by atoms with E-state index in [0.29, 0.717) is 43.4 Å². The zero-order valence-corrected chi connectivity index (χ0v) is 25.7. The van der Waals surface area contributed by atoms with Gasteiger partial charge in [0.25, 0.3) is 5.91 Å². The molecule has 3 amide bonds. The molecule has 3 aliphatic heterocycles. The summed E-state index contributed by atoms with van der Waals surface area (Å²) in [6, 6.07) is 5.02. The fourth-order valence-electron chi connectivity index (χ4n) is 6.97. The van der Waals surface area contributed by atoms with Crippen LogP contribution in [0, 0.1) is 22.7 Å². The third kappa shape index (κ3) is 5.46. The Morgan fingerprint density at radius 2 is 1.81 bits per heavy atom. The molecule has 2 N–H and O–H groups in total. The second kappa shape index (κ2) is 10.7. The van der Waals surface area contributed by atoms with E-state index in [0.717, 1.165) is 25.0 Å². The van der Waals surface area contributed by atoms with Gasteiger partial charge in [0, 0.05) is 62.3 Å². The summed E-state index contributed by atoms with van der Waals surface area (Å²) < 4.78 is 5.52. The molecule has 1 spiro atoms. The number of nitrogens with zero attached hydrogens (tertiary/aromatic N) is 4. The lowest BCUT2D eigenvalue weighted by molar-refractivity contribution is -0.152. The number of carbonyl (C=O) groups excluding carboxylic acids is 3. The highest BCUT2D eigenvalue weighted by Gasteiger charge is 2.62. The predicted octanol–water partition coefficient (Wildman–Crippen LogP) is 3.01. The predicted molar refractivity (Wildman–Crippen MR) is 157 cm³/mol. The Balaban J connectivity index is 1.23. The minimum atomic E-state index is -1.29. The molecule has 0 bridgehead atoms. The van der Waals surface area contributed by atoms with Crippen molar-refractivity contribution in [1.29, 1.82) is 0 Å². The molecule has 2 aromatic rings. The van der Waals surface area contributed by atoms with E-state index in [1.807, 2.05) is 23.1 Å². The van der Waals surface area contributed by atoms with Crippen molar-refractivity contribution in [2.45, 2.75) is 64.5 Å². The largest absolute Gasteiger partial charge is 0.388 e. The lowest BCUT2D eigenvalue weighted by Gasteiger charge is -2.50. The second-order valence-electron chi connectivity index (χ2n) is 13.9. The van der Waals surface area contributed by atoms with Crippen LogP contribution in [-0.2, 0) is 14.3 Å². The Bertz CT molecular complexity index is 1340. The number of aromatic nitrogens is 2. The Hall–Kier alpha value is -2.89. The molecular formula is C31H41N5O5S. The van der Waals surface area contributed by atoms with Crippen molar-refractivity contribution in [3.8, 4) is 0 Å². The molecule has 3 atom stereocenters. The van der Waals surface area contributed by atoms with Crippen LogP contribution in [0.3, 0.4) is 0 Å². The number of carbonyl (C=O) groups is 3. The van der Waals surface area contributed by atoms with Crippen molar-refractivity contribution in [2.75, 3.05) is 39.4 Å². The van der Waals surface area contributed by atoms with E-state index in [-0.39, 0.29) is 41.5 Å². The van der Waals surface area contributed by atoms with E-state index in [9.17, 15) is 19.5 Å². The van der Waals surface area contributed by atoms with Crippen molar-refractivity contribution >= 4 is 29.1 Å². The van der Waals surface area contributed by atoms with Gasteiger partial charge in [-0.2, -0.15) is 0 Å². The molecular weight excluding hydrogens is 554 g/mol. The third-order valence-electron chi connectivity index (χ3n) is 9.75. The SMILES string of the molecule is CC(C)(O)C(NC(=O)[C@@H]1CN(C(=O)c2cncs2)CC12CN(C(=O)[C@H]1CC1(C)C)C2)c1cccc(C2CCOCC2)n1. The fraction of sp³-hybridized carbons (Fsp3) is 0.645. The highest BCUT2D eigenvalue weighted by molar-refractivity contribution is 7.11. The van der Waals surface area contributed by atoms with Crippen LogP contribution in [0.4, 0.5) is 0 Å². The molecule has 5 heterocycles. The van der Waals surface area contributed by atoms with Crippen LogP contribution in [0.1, 0.15) is 80.0 Å². The van der Waals surface area contributed by atoms with E-state index in [1.165, 1.54) is 11.3 Å². The number of nitrogens with one attached hydrogen (secondary N) is 1. The Kier molecular flexibility index (Phi) is 7.42. The number of pyridine rings is 1. The quantitative estimate of drug-likeness (QED) is 0.504. The minimum Gasteiger partial charge on any atom is -0.388 e. The number of hydrogen-bond donors (Lipinski definition) is 2. The normalized spacial score (nSPS) is 25.6. The van der Waals surface area contributed by atoms with Gasteiger partial charge < -0.3 is 25.0 Å². The summed E-state index contributed by atoms with van der Waals surface area (Å²) in [5.74, 6) is -0.484. The summed E-state index contributed by atoms with van der Waals surface area (Å²) in [4.78, 5) is 53.7. The van der Waals surface area contributed by atoms with Gasteiger partial charge in [-0.05, 0) is 50.7 Å². The minimum absolute atomic E-state index is 0.0204. The molecule has 6 rings (SSSR count). The second-order valence-corrected chi connectivity index (χ2v) is 14.8. The smallest absolute Gasteiger partial charge is 0.265 e. The lowest BCUT2D eigenvalue weighted by Crippen LogP contribution is -2.64. The van der Waals surface area contributed by atoms with Crippen molar-refractivity contribution < 1.29 is 24.2 Å². The Labute approximate surface area is 250 Å². The zero-order valence-electron chi connectivity index (χ0n) is 24.8. The number of amides is 3. The standard InChI is InChI=1S/C31H41N5O5S/c1-29(2)12-20(29)27(38)36-16-31(17-36)15-35(28(39)24-13-32-18-42-24)14-21(31)26(37)34-25(30(3,4)40)23-7-5-6-22(33-23)19-8-10-41-11-9-19/h5-7,13,18-21,25,40H,8-12,14-17H2,1-4H3,(H,34,37)/t20-,21+,25?/m1/s1. The molecule has 226 valence electrons. The first-order valence-electron chi connectivity index (χ1n) is 14.9. The van der Waals surface area contributed by atoms with Crippen LogP contribution in [0.5, 0.6) is 0 Å². The first kappa shape index (κ1) is 29.2. The molecule has 1 unspecified atom stereocenters. The van der Waals surface area contributed by atoms with E-state index >= 15 is 0 Å². The van der Waals surface area contributed by atoms with Crippen molar-refractivity contribution in [1.82, 2.24) is 25.1 Å². The van der Waals surface area contributed by atoms with Crippen LogP contribution < -0.4 is 5.32 Å². The average molecular weight is 596 g/mol. The van der Waals surface area contributed by atoms with Crippen LogP contribution in [0.2, 0.25) is 0 Å². The van der Waals surface area contributed by atoms with Gasteiger partial charge in [0.2, 0.25) is 11.8 Å². The van der Waals surface area contributed by atoms with Gasteiger partial charge in [-0.3, -0.25) is 24.4 Å². The van der Waals surface area contributed by atoms with Crippen molar-refractivity contribution in [3.05, 3.63) is 46.2 Å². The summed E-state index contributed by atoms with van der Waals surface area (Å²) in [5, 5.41) is 14.4. The van der Waals surface area contributed by atoms with Crippen molar-refractivity contribution in [3.63, 3.8) is 0 Å². The molecule has 3 saturated heterocycles.